The first-order valence-corrected chi connectivity index (χ1v) is 10.7. The summed E-state index contributed by atoms with van der Waals surface area (Å²) >= 11 is 1.60. The van der Waals surface area contributed by atoms with Gasteiger partial charge in [-0.25, -0.2) is 9.37 Å². The van der Waals surface area contributed by atoms with Gasteiger partial charge in [0.05, 0.1) is 17.8 Å². The molecular weight excluding hydrogens is 389 g/mol. The zero-order valence-corrected chi connectivity index (χ0v) is 17.6. The minimum Gasteiger partial charge on any atom is -0.337 e. The minimum absolute atomic E-state index is 0.0647. The molecule has 2 atom stereocenters. The van der Waals surface area contributed by atoms with E-state index in [2.05, 4.69) is 11.9 Å². The lowest BCUT2D eigenvalue weighted by Crippen LogP contribution is -2.35. The Morgan fingerprint density at radius 1 is 1.38 bits per heavy atom. The minimum atomic E-state index is -0.311. The van der Waals surface area contributed by atoms with Gasteiger partial charge in [-0.3, -0.25) is 14.2 Å². The van der Waals surface area contributed by atoms with Gasteiger partial charge in [0.15, 0.2) is 0 Å². The first-order chi connectivity index (χ1) is 13.8. The van der Waals surface area contributed by atoms with Crippen LogP contribution in [0.15, 0.2) is 35.4 Å². The summed E-state index contributed by atoms with van der Waals surface area (Å²) in [7, 11) is 1.70. The van der Waals surface area contributed by atoms with Crippen LogP contribution in [-0.2, 0) is 24.2 Å². The Bertz CT molecular complexity index is 1120. The van der Waals surface area contributed by atoms with Gasteiger partial charge in [-0.15, -0.1) is 11.3 Å². The highest BCUT2D eigenvalue weighted by atomic mass is 32.1. The molecule has 0 radical (unpaired) electrons. The molecule has 7 heteroatoms. The summed E-state index contributed by atoms with van der Waals surface area (Å²) < 4.78 is 14.6. The molecular formula is C22H24FN3O2S. The molecule has 1 aliphatic carbocycles. The van der Waals surface area contributed by atoms with E-state index in [1.807, 2.05) is 6.92 Å². The Kier molecular flexibility index (Phi) is 5.25. The third-order valence-electron chi connectivity index (χ3n) is 5.91. The molecule has 0 N–H and O–H groups in total. The van der Waals surface area contributed by atoms with Crippen molar-refractivity contribution in [2.75, 3.05) is 7.05 Å². The normalized spacial score (nSPS) is 17.2. The number of likely N-dealkylation sites (N-methyl/N-ethyl adjacent to an activating group) is 1. The van der Waals surface area contributed by atoms with Crippen molar-refractivity contribution in [3.05, 3.63) is 62.8 Å². The fraction of sp³-hybridized carbons (Fsp3) is 0.409. The Balaban J connectivity index is 1.58. The average Bonchev–Trinajstić information content (AvgIpc) is 3.07. The molecule has 0 saturated heterocycles. The predicted octanol–water partition coefficient (Wildman–Crippen LogP) is 3.94. The summed E-state index contributed by atoms with van der Waals surface area (Å²) in [6, 6.07) is 5.87. The van der Waals surface area contributed by atoms with E-state index >= 15 is 0 Å². The maximum Gasteiger partial charge on any atom is 0.262 e. The molecule has 1 aliphatic rings. The van der Waals surface area contributed by atoms with Crippen molar-refractivity contribution >= 4 is 27.5 Å². The van der Waals surface area contributed by atoms with Crippen LogP contribution in [0.2, 0.25) is 0 Å². The van der Waals surface area contributed by atoms with Crippen molar-refractivity contribution < 1.29 is 9.18 Å². The van der Waals surface area contributed by atoms with E-state index in [1.54, 1.807) is 35.4 Å². The topological polar surface area (TPSA) is 55.2 Å². The van der Waals surface area contributed by atoms with Gasteiger partial charge >= 0.3 is 0 Å². The largest absolute Gasteiger partial charge is 0.337 e. The second-order valence-electron chi connectivity index (χ2n) is 7.94. The fourth-order valence-electron chi connectivity index (χ4n) is 3.92. The number of aryl methyl sites for hydroxylation is 1. The maximum atomic E-state index is 13.2. The van der Waals surface area contributed by atoms with E-state index in [0.29, 0.717) is 11.3 Å². The summed E-state index contributed by atoms with van der Waals surface area (Å²) in [5.41, 5.74) is 1.82. The van der Waals surface area contributed by atoms with Crippen LogP contribution in [0.3, 0.4) is 0 Å². The number of benzene rings is 1. The highest BCUT2D eigenvalue weighted by molar-refractivity contribution is 7.18. The highest BCUT2D eigenvalue weighted by Gasteiger charge is 2.24. The number of hydrogen-bond donors (Lipinski definition) is 0. The van der Waals surface area contributed by atoms with Crippen LogP contribution in [0, 0.1) is 11.7 Å². The average molecular weight is 414 g/mol. The number of carbonyl (C=O) groups excluding carboxylic acids is 1. The van der Waals surface area contributed by atoms with Crippen molar-refractivity contribution in [2.24, 2.45) is 5.92 Å². The number of nitrogens with zero attached hydrogens (tertiary/aromatic N) is 3. The highest BCUT2D eigenvalue weighted by Crippen LogP contribution is 2.35. The summed E-state index contributed by atoms with van der Waals surface area (Å²) in [4.78, 5) is 34.0. The van der Waals surface area contributed by atoms with E-state index in [9.17, 15) is 14.0 Å². The van der Waals surface area contributed by atoms with Crippen molar-refractivity contribution in [2.45, 2.75) is 45.7 Å². The Hall–Kier alpha value is -2.54. The molecule has 1 amide bonds. The number of aromatic nitrogens is 2. The molecule has 29 heavy (non-hydrogen) atoms. The van der Waals surface area contributed by atoms with Gasteiger partial charge in [0.1, 0.15) is 17.2 Å². The molecule has 0 fully saturated rings. The lowest BCUT2D eigenvalue weighted by molar-refractivity contribution is -0.132. The Morgan fingerprint density at radius 3 is 2.83 bits per heavy atom. The summed E-state index contributed by atoms with van der Waals surface area (Å²) in [5, 5.41) is 0.682. The number of rotatable bonds is 4. The van der Waals surface area contributed by atoms with Gasteiger partial charge in [-0.1, -0.05) is 19.1 Å². The van der Waals surface area contributed by atoms with Crippen molar-refractivity contribution in [3.63, 3.8) is 0 Å². The molecule has 0 saturated carbocycles. The standard InChI is InChI=1S/C22H24FN3O2S/c1-13-4-9-17-18(10-13)29-21-20(17)22(28)26(12-24-21)11-19(27)25(3)14(2)15-5-7-16(23)8-6-15/h5-8,12-14H,4,9-11H2,1-3H3. The van der Waals surface area contributed by atoms with Gasteiger partial charge in [0, 0.05) is 11.9 Å². The zero-order valence-electron chi connectivity index (χ0n) is 16.8. The van der Waals surface area contributed by atoms with Crippen LogP contribution in [0.25, 0.3) is 10.2 Å². The number of fused-ring (bicyclic) bond motifs is 3. The zero-order chi connectivity index (χ0) is 20.7. The third kappa shape index (κ3) is 3.71. The van der Waals surface area contributed by atoms with E-state index in [0.717, 1.165) is 35.2 Å². The maximum absolute atomic E-state index is 13.2. The smallest absolute Gasteiger partial charge is 0.262 e. The molecule has 4 rings (SSSR count). The molecule has 3 aromatic rings. The van der Waals surface area contributed by atoms with Crippen LogP contribution in [0.5, 0.6) is 0 Å². The summed E-state index contributed by atoms with van der Waals surface area (Å²) in [5.74, 6) is 0.123. The molecule has 0 aliphatic heterocycles. The number of thiophene rings is 1. The van der Waals surface area contributed by atoms with Crippen molar-refractivity contribution in [1.29, 1.82) is 0 Å². The molecule has 2 unspecified atom stereocenters. The summed E-state index contributed by atoms with van der Waals surface area (Å²) in [6.07, 6.45) is 4.44. The van der Waals surface area contributed by atoms with Crippen LogP contribution in [0.4, 0.5) is 4.39 Å². The molecule has 0 bridgehead atoms. The molecule has 2 heterocycles. The predicted molar refractivity (Wildman–Crippen MR) is 113 cm³/mol. The lowest BCUT2D eigenvalue weighted by Gasteiger charge is -2.25. The number of amides is 1. The van der Waals surface area contributed by atoms with Crippen LogP contribution in [-0.4, -0.2) is 27.4 Å². The second kappa shape index (κ2) is 7.71. The van der Waals surface area contributed by atoms with Gasteiger partial charge < -0.3 is 4.90 Å². The van der Waals surface area contributed by atoms with E-state index in [1.165, 1.54) is 27.9 Å². The van der Waals surface area contributed by atoms with E-state index in [-0.39, 0.29) is 29.9 Å². The molecule has 5 nitrogen and oxygen atoms in total. The van der Waals surface area contributed by atoms with Gasteiger partial charge in [-0.2, -0.15) is 0 Å². The second-order valence-corrected chi connectivity index (χ2v) is 9.03. The van der Waals surface area contributed by atoms with Crippen LogP contribution in [0.1, 0.15) is 42.3 Å². The van der Waals surface area contributed by atoms with Crippen molar-refractivity contribution in [3.8, 4) is 0 Å². The summed E-state index contributed by atoms with van der Waals surface area (Å²) in [6.45, 7) is 4.05. The number of hydrogen-bond acceptors (Lipinski definition) is 4. The van der Waals surface area contributed by atoms with E-state index < -0.39 is 0 Å². The van der Waals surface area contributed by atoms with Gasteiger partial charge in [0.2, 0.25) is 5.91 Å². The van der Waals surface area contributed by atoms with E-state index in [4.69, 9.17) is 0 Å². The van der Waals surface area contributed by atoms with Gasteiger partial charge in [0.25, 0.3) is 5.56 Å². The first-order valence-electron chi connectivity index (χ1n) is 9.86. The Labute approximate surface area is 172 Å². The third-order valence-corrected chi connectivity index (χ3v) is 7.08. The molecule has 152 valence electrons. The van der Waals surface area contributed by atoms with Crippen LogP contribution >= 0.6 is 11.3 Å². The lowest BCUT2D eigenvalue weighted by atomic mass is 9.89. The SMILES string of the molecule is CC1CCc2c(sc3ncn(CC(=O)N(C)C(C)c4ccc(F)cc4)c(=O)c23)C1. The monoisotopic (exact) mass is 413 g/mol. The quantitative estimate of drug-likeness (QED) is 0.651. The van der Waals surface area contributed by atoms with Crippen LogP contribution < -0.4 is 5.56 Å². The van der Waals surface area contributed by atoms with Gasteiger partial charge in [-0.05, 0) is 55.4 Å². The Morgan fingerprint density at radius 2 is 2.10 bits per heavy atom. The number of carbonyl (C=O) groups is 1. The molecule has 0 spiro atoms. The molecule has 2 aromatic heterocycles. The first kappa shape index (κ1) is 19.8. The number of halogens is 1. The molecule has 1 aromatic carbocycles. The fourth-order valence-corrected chi connectivity index (χ4v) is 5.26. The van der Waals surface area contributed by atoms with Crippen molar-refractivity contribution in [1.82, 2.24) is 14.5 Å².